The number of nitrogens with one attached hydrogen (secondary N) is 1. The molecule has 5 heteroatoms. The minimum atomic E-state index is -0.877. The Hall–Kier alpha value is -1.10. The smallest absolute Gasteiger partial charge is 0.305 e. The minimum Gasteiger partial charge on any atom is -0.481 e. The Labute approximate surface area is 103 Å². The highest BCUT2D eigenvalue weighted by Crippen LogP contribution is 2.03. The average Bonchev–Trinajstić information content (AvgIpc) is 2.24. The monoisotopic (exact) mass is 245 g/mol. The highest BCUT2D eigenvalue weighted by Gasteiger charge is 2.14. The summed E-state index contributed by atoms with van der Waals surface area (Å²) in [5.74, 6) is -0.970. The average molecular weight is 245 g/mol. The van der Waals surface area contributed by atoms with Gasteiger partial charge in [-0.3, -0.25) is 9.59 Å². The third kappa shape index (κ3) is 9.81. The van der Waals surface area contributed by atoms with Gasteiger partial charge in [0.1, 0.15) is 0 Å². The first kappa shape index (κ1) is 15.9. The first-order valence-corrected chi connectivity index (χ1v) is 6.19. The topological polar surface area (TPSA) is 75.6 Å². The van der Waals surface area contributed by atoms with Crippen LogP contribution < -0.4 is 5.32 Å². The van der Waals surface area contributed by atoms with E-state index >= 15 is 0 Å². The molecule has 0 saturated carbocycles. The minimum absolute atomic E-state index is 0.00889. The number of carbonyl (C=O) groups excluding carboxylic acids is 1. The Balaban J connectivity index is 3.82. The van der Waals surface area contributed by atoms with E-state index in [9.17, 15) is 9.59 Å². The van der Waals surface area contributed by atoms with Crippen LogP contribution in [0.4, 0.5) is 0 Å². The Kier molecular flexibility index (Phi) is 9.43. The molecule has 0 heterocycles. The van der Waals surface area contributed by atoms with Crippen molar-refractivity contribution in [3.63, 3.8) is 0 Å². The SMILES string of the molecule is CCCC(CC(=O)O)NC(=O)CCCOCC. The molecule has 0 aliphatic rings. The maximum atomic E-state index is 11.5. The van der Waals surface area contributed by atoms with E-state index in [0.29, 0.717) is 32.5 Å². The molecule has 0 aromatic carbocycles. The van der Waals surface area contributed by atoms with Crippen LogP contribution in [0.5, 0.6) is 0 Å². The highest BCUT2D eigenvalue weighted by atomic mass is 16.5. The molecule has 0 aliphatic heterocycles. The van der Waals surface area contributed by atoms with E-state index in [2.05, 4.69) is 5.32 Å². The summed E-state index contributed by atoms with van der Waals surface area (Å²) >= 11 is 0. The second-order valence-corrected chi connectivity index (χ2v) is 3.95. The van der Waals surface area contributed by atoms with Crippen LogP contribution in [0.25, 0.3) is 0 Å². The standard InChI is InChI=1S/C12H23NO4/c1-3-6-10(9-12(15)16)13-11(14)7-5-8-17-4-2/h10H,3-9H2,1-2H3,(H,13,14)(H,15,16). The molecule has 0 radical (unpaired) electrons. The van der Waals surface area contributed by atoms with Crippen LogP contribution >= 0.6 is 0 Å². The first-order valence-electron chi connectivity index (χ1n) is 6.19. The van der Waals surface area contributed by atoms with Crippen LogP contribution in [0.1, 0.15) is 46.0 Å². The van der Waals surface area contributed by atoms with Gasteiger partial charge in [0.25, 0.3) is 0 Å². The van der Waals surface area contributed by atoms with Crippen molar-refractivity contribution < 1.29 is 19.4 Å². The van der Waals surface area contributed by atoms with E-state index < -0.39 is 5.97 Å². The van der Waals surface area contributed by atoms with Crippen molar-refractivity contribution in [2.24, 2.45) is 0 Å². The number of carboxylic acid groups (broad SMARTS) is 1. The molecule has 0 aliphatic carbocycles. The molecule has 1 atom stereocenters. The van der Waals surface area contributed by atoms with E-state index in [-0.39, 0.29) is 18.4 Å². The summed E-state index contributed by atoms with van der Waals surface area (Å²) in [6.07, 6.45) is 2.61. The largest absolute Gasteiger partial charge is 0.481 e. The Morgan fingerprint density at radius 3 is 2.59 bits per heavy atom. The van der Waals surface area contributed by atoms with Crippen molar-refractivity contribution in [1.82, 2.24) is 5.32 Å². The fourth-order valence-corrected chi connectivity index (χ4v) is 1.56. The lowest BCUT2D eigenvalue weighted by atomic mass is 10.1. The Morgan fingerprint density at radius 1 is 1.35 bits per heavy atom. The van der Waals surface area contributed by atoms with E-state index in [4.69, 9.17) is 9.84 Å². The molecule has 0 saturated heterocycles. The van der Waals surface area contributed by atoms with Crippen LogP contribution in [0, 0.1) is 0 Å². The number of amides is 1. The summed E-state index contributed by atoms with van der Waals surface area (Å²) in [7, 11) is 0. The van der Waals surface area contributed by atoms with Gasteiger partial charge in [0.05, 0.1) is 6.42 Å². The summed E-state index contributed by atoms with van der Waals surface area (Å²) in [5.41, 5.74) is 0. The molecule has 100 valence electrons. The molecule has 0 rings (SSSR count). The van der Waals surface area contributed by atoms with Gasteiger partial charge in [0.15, 0.2) is 0 Å². The zero-order chi connectivity index (χ0) is 13.1. The molecule has 17 heavy (non-hydrogen) atoms. The first-order chi connectivity index (χ1) is 8.10. The molecule has 2 N–H and O–H groups in total. The third-order valence-corrected chi connectivity index (χ3v) is 2.32. The number of aliphatic carboxylic acids is 1. The van der Waals surface area contributed by atoms with E-state index in [0.717, 1.165) is 6.42 Å². The van der Waals surface area contributed by atoms with Crippen LogP contribution in [-0.2, 0) is 14.3 Å². The predicted octanol–water partition coefficient (Wildman–Crippen LogP) is 1.56. The number of ether oxygens (including phenoxy) is 1. The van der Waals surface area contributed by atoms with Gasteiger partial charge < -0.3 is 15.2 Å². The fourth-order valence-electron chi connectivity index (χ4n) is 1.56. The van der Waals surface area contributed by atoms with Gasteiger partial charge in [0, 0.05) is 25.7 Å². The Bertz CT molecular complexity index is 231. The number of hydrogen-bond acceptors (Lipinski definition) is 3. The van der Waals surface area contributed by atoms with Gasteiger partial charge >= 0.3 is 5.97 Å². The van der Waals surface area contributed by atoms with E-state index in [1.807, 2.05) is 13.8 Å². The molecule has 0 aromatic rings. The Morgan fingerprint density at radius 2 is 2.06 bits per heavy atom. The summed E-state index contributed by atoms with van der Waals surface area (Å²) in [5, 5.41) is 11.4. The lowest BCUT2D eigenvalue weighted by Gasteiger charge is -2.15. The van der Waals surface area contributed by atoms with Crippen LogP contribution in [0.3, 0.4) is 0 Å². The van der Waals surface area contributed by atoms with Crippen LogP contribution in [-0.4, -0.2) is 36.2 Å². The van der Waals surface area contributed by atoms with Crippen molar-refractivity contribution in [2.45, 2.75) is 52.0 Å². The third-order valence-electron chi connectivity index (χ3n) is 2.32. The quantitative estimate of drug-likeness (QED) is 0.573. The second kappa shape index (κ2) is 10.1. The second-order valence-electron chi connectivity index (χ2n) is 3.95. The molecule has 0 spiro atoms. The lowest BCUT2D eigenvalue weighted by molar-refractivity contribution is -0.137. The van der Waals surface area contributed by atoms with Crippen LogP contribution in [0.2, 0.25) is 0 Å². The molecule has 5 nitrogen and oxygen atoms in total. The number of rotatable bonds is 10. The molecule has 1 unspecified atom stereocenters. The fraction of sp³-hybridized carbons (Fsp3) is 0.833. The molecule has 0 fully saturated rings. The maximum absolute atomic E-state index is 11.5. The summed E-state index contributed by atoms with van der Waals surface area (Å²) < 4.78 is 5.13. The summed E-state index contributed by atoms with van der Waals surface area (Å²) in [6, 6.07) is -0.253. The number of carbonyl (C=O) groups is 2. The maximum Gasteiger partial charge on any atom is 0.305 e. The number of hydrogen-bond donors (Lipinski definition) is 2. The van der Waals surface area contributed by atoms with Gasteiger partial charge in [-0.15, -0.1) is 0 Å². The van der Waals surface area contributed by atoms with Gasteiger partial charge in [-0.1, -0.05) is 13.3 Å². The van der Waals surface area contributed by atoms with Gasteiger partial charge in [-0.2, -0.15) is 0 Å². The normalized spacial score (nSPS) is 12.1. The molecule has 0 aromatic heterocycles. The summed E-state index contributed by atoms with van der Waals surface area (Å²) in [6.45, 7) is 5.10. The molecular formula is C12H23NO4. The van der Waals surface area contributed by atoms with Crippen molar-refractivity contribution in [3.05, 3.63) is 0 Å². The predicted molar refractivity (Wildman–Crippen MR) is 64.8 cm³/mol. The van der Waals surface area contributed by atoms with Gasteiger partial charge in [-0.05, 0) is 19.8 Å². The molecule has 0 bridgehead atoms. The van der Waals surface area contributed by atoms with Crippen molar-refractivity contribution in [2.75, 3.05) is 13.2 Å². The summed E-state index contributed by atoms with van der Waals surface area (Å²) in [4.78, 5) is 22.1. The lowest BCUT2D eigenvalue weighted by Crippen LogP contribution is -2.36. The van der Waals surface area contributed by atoms with E-state index in [1.54, 1.807) is 0 Å². The van der Waals surface area contributed by atoms with Crippen molar-refractivity contribution in [3.8, 4) is 0 Å². The molecular weight excluding hydrogens is 222 g/mol. The molecule has 1 amide bonds. The zero-order valence-corrected chi connectivity index (χ0v) is 10.7. The highest BCUT2D eigenvalue weighted by molar-refractivity contribution is 5.77. The van der Waals surface area contributed by atoms with Crippen molar-refractivity contribution in [1.29, 1.82) is 0 Å². The van der Waals surface area contributed by atoms with Gasteiger partial charge in [0.2, 0.25) is 5.91 Å². The van der Waals surface area contributed by atoms with Crippen LogP contribution in [0.15, 0.2) is 0 Å². The zero-order valence-electron chi connectivity index (χ0n) is 10.7. The van der Waals surface area contributed by atoms with E-state index in [1.165, 1.54) is 0 Å². The van der Waals surface area contributed by atoms with Crippen molar-refractivity contribution >= 4 is 11.9 Å². The number of carboxylic acids is 1. The van der Waals surface area contributed by atoms with Gasteiger partial charge in [-0.25, -0.2) is 0 Å².